The molecule has 2 aromatic heterocycles. The van der Waals surface area contributed by atoms with E-state index in [4.69, 9.17) is 4.74 Å². The molecule has 0 radical (unpaired) electrons. The molecule has 0 saturated carbocycles. The van der Waals surface area contributed by atoms with E-state index >= 15 is 0 Å². The van der Waals surface area contributed by atoms with Crippen LogP contribution in [-0.4, -0.2) is 50.1 Å². The lowest BCUT2D eigenvalue weighted by Gasteiger charge is -2.25. The number of unbranched alkanes of at least 4 members (excludes halogenated alkanes) is 1. The molecule has 1 N–H and O–H groups in total. The second-order valence-corrected chi connectivity index (χ2v) is 7.88. The van der Waals surface area contributed by atoms with E-state index in [1.54, 1.807) is 4.57 Å². The Morgan fingerprint density at radius 1 is 1.14 bits per heavy atom. The molecular weight excluding hydrogens is 374 g/mol. The van der Waals surface area contributed by atoms with Crippen LogP contribution < -0.4 is 11.2 Å². The molecule has 0 aliphatic rings. The fourth-order valence-corrected chi connectivity index (χ4v) is 3.62. The van der Waals surface area contributed by atoms with Gasteiger partial charge in [0, 0.05) is 13.1 Å². The molecule has 9 nitrogen and oxygen atoms in total. The number of carbonyl (C=O) groups excluding carboxylic acids is 1. The molecule has 0 aliphatic heterocycles. The van der Waals surface area contributed by atoms with Gasteiger partial charge in [0.2, 0.25) is 0 Å². The number of imidazole rings is 1. The third kappa shape index (κ3) is 4.95. The smallest absolute Gasteiger partial charge is 0.330 e. The maximum atomic E-state index is 12.6. The molecule has 2 aromatic rings. The predicted octanol–water partition coefficient (Wildman–Crippen LogP) is 1.73. The highest BCUT2D eigenvalue weighted by atomic mass is 16.5. The van der Waals surface area contributed by atoms with E-state index in [0.29, 0.717) is 30.1 Å². The Balaban J connectivity index is 2.46. The van der Waals surface area contributed by atoms with Gasteiger partial charge in [0.1, 0.15) is 18.5 Å². The molecule has 0 aliphatic carbocycles. The molecule has 1 unspecified atom stereocenters. The first-order valence-corrected chi connectivity index (χ1v) is 10.3. The number of esters is 1. The van der Waals surface area contributed by atoms with Crippen LogP contribution in [0, 0.1) is 5.92 Å². The maximum absolute atomic E-state index is 12.6. The number of rotatable bonds is 10. The molecule has 0 fully saturated rings. The third-order valence-electron chi connectivity index (χ3n) is 4.92. The summed E-state index contributed by atoms with van der Waals surface area (Å²) >= 11 is 0. The molecule has 2 rings (SSSR count). The lowest BCUT2D eigenvalue weighted by Crippen LogP contribution is -2.41. The molecule has 0 bridgehead atoms. The lowest BCUT2D eigenvalue weighted by molar-refractivity contribution is -0.152. The molecule has 0 saturated heterocycles. The summed E-state index contributed by atoms with van der Waals surface area (Å²) in [4.78, 5) is 46.2. The number of nitrogens with zero attached hydrogens (tertiary/aromatic N) is 4. The summed E-state index contributed by atoms with van der Waals surface area (Å²) < 4.78 is 8.80. The van der Waals surface area contributed by atoms with Crippen molar-refractivity contribution in [2.24, 2.45) is 5.92 Å². The van der Waals surface area contributed by atoms with Crippen molar-refractivity contribution in [1.82, 2.24) is 24.0 Å². The van der Waals surface area contributed by atoms with Gasteiger partial charge in [0.25, 0.3) is 5.56 Å². The molecule has 9 heteroatoms. The number of hydrogen-bond acceptors (Lipinski definition) is 6. The predicted molar refractivity (Wildman–Crippen MR) is 112 cm³/mol. The summed E-state index contributed by atoms with van der Waals surface area (Å²) in [5.41, 5.74) is -0.237. The van der Waals surface area contributed by atoms with Crippen molar-refractivity contribution in [2.75, 3.05) is 14.1 Å². The maximum Gasteiger partial charge on any atom is 0.330 e. The van der Waals surface area contributed by atoms with Crippen LogP contribution in [-0.2, 0) is 29.2 Å². The summed E-state index contributed by atoms with van der Waals surface area (Å²) in [5.74, 6) is 0.226. The molecule has 0 aromatic carbocycles. The average Bonchev–Trinajstić information content (AvgIpc) is 2.98. The van der Waals surface area contributed by atoms with Crippen molar-refractivity contribution in [3.63, 3.8) is 0 Å². The summed E-state index contributed by atoms with van der Waals surface area (Å²) in [7, 11) is 3.68. The van der Waals surface area contributed by atoms with Crippen LogP contribution >= 0.6 is 0 Å². The van der Waals surface area contributed by atoms with Gasteiger partial charge in [0.05, 0.1) is 0 Å². The number of aromatic nitrogens is 4. The standard InChI is InChI=1S/C20H33N5O4/c1-7-9-11-25-17-16(18(26)22-20(25)28)24(10-8-2)14(21-17)12-29-19(27)15(13(3)4)23(5)6/h13,15H,7-12H2,1-6H3,(H,22,26,28). The molecule has 0 spiro atoms. The summed E-state index contributed by atoms with van der Waals surface area (Å²) in [6.45, 7) is 8.91. The molecular formula is C20H33N5O4. The number of likely N-dealkylation sites (N-methyl/N-ethyl adjacent to an activating group) is 1. The highest BCUT2D eigenvalue weighted by Crippen LogP contribution is 2.16. The van der Waals surface area contributed by atoms with Gasteiger partial charge in [-0.05, 0) is 32.9 Å². The van der Waals surface area contributed by atoms with Gasteiger partial charge in [-0.1, -0.05) is 34.1 Å². The molecule has 0 amide bonds. The Labute approximate surface area is 170 Å². The van der Waals surface area contributed by atoms with Gasteiger partial charge < -0.3 is 9.30 Å². The van der Waals surface area contributed by atoms with E-state index in [1.165, 1.54) is 4.57 Å². The van der Waals surface area contributed by atoms with Crippen LogP contribution in [0.5, 0.6) is 0 Å². The topological polar surface area (TPSA) is 102 Å². The van der Waals surface area contributed by atoms with Gasteiger partial charge in [-0.3, -0.25) is 24.0 Å². The number of hydrogen-bond donors (Lipinski definition) is 1. The molecule has 2 heterocycles. The third-order valence-corrected chi connectivity index (χ3v) is 4.92. The summed E-state index contributed by atoms with van der Waals surface area (Å²) in [5, 5.41) is 0. The zero-order valence-corrected chi connectivity index (χ0v) is 18.3. The van der Waals surface area contributed by atoms with Crippen LogP contribution in [0.2, 0.25) is 0 Å². The van der Waals surface area contributed by atoms with E-state index in [2.05, 4.69) is 9.97 Å². The highest BCUT2D eigenvalue weighted by Gasteiger charge is 2.27. The quantitative estimate of drug-likeness (QED) is 0.602. The number of nitrogens with one attached hydrogen (secondary N) is 1. The Morgan fingerprint density at radius 2 is 1.83 bits per heavy atom. The van der Waals surface area contributed by atoms with Crippen molar-refractivity contribution >= 4 is 17.1 Å². The molecule has 1 atom stereocenters. The highest BCUT2D eigenvalue weighted by molar-refractivity contribution is 5.76. The average molecular weight is 408 g/mol. The first-order chi connectivity index (χ1) is 13.7. The van der Waals surface area contributed by atoms with E-state index < -0.39 is 11.2 Å². The van der Waals surface area contributed by atoms with Gasteiger partial charge in [-0.25, -0.2) is 9.78 Å². The Morgan fingerprint density at radius 3 is 2.38 bits per heavy atom. The Hall–Kier alpha value is -2.42. The van der Waals surface area contributed by atoms with Gasteiger partial charge in [-0.2, -0.15) is 0 Å². The summed E-state index contributed by atoms with van der Waals surface area (Å²) in [6, 6.07) is -0.370. The Bertz CT molecular complexity index is 946. The van der Waals surface area contributed by atoms with Crippen LogP contribution in [0.4, 0.5) is 0 Å². The zero-order valence-electron chi connectivity index (χ0n) is 18.3. The number of fused-ring (bicyclic) bond motifs is 1. The van der Waals surface area contributed by atoms with Crippen molar-refractivity contribution in [2.45, 2.75) is 72.7 Å². The van der Waals surface area contributed by atoms with Gasteiger partial charge in [0.15, 0.2) is 11.2 Å². The van der Waals surface area contributed by atoms with Gasteiger partial charge in [-0.15, -0.1) is 0 Å². The number of aryl methyl sites for hydroxylation is 2. The van der Waals surface area contributed by atoms with Crippen molar-refractivity contribution in [1.29, 1.82) is 0 Å². The fourth-order valence-electron chi connectivity index (χ4n) is 3.62. The van der Waals surface area contributed by atoms with Crippen LogP contribution in [0.25, 0.3) is 11.2 Å². The van der Waals surface area contributed by atoms with E-state index in [-0.39, 0.29) is 24.5 Å². The second kappa shape index (κ2) is 9.87. The molecule has 162 valence electrons. The number of ether oxygens (including phenoxy) is 1. The van der Waals surface area contributed by atoms with Crippen molar-refractivity contribution in [3.05, 3.63) is 26.7 Å². The second-order valence-electron chi connectivity index (χ2n) is 7.88. The van der Waals surface area contributed by atoms with Crippen LogP contribution in [0.1, 0.15) is 52.8 Å². The first kappa shape index (κ1) is 22.9. The van der Waals surface area contributed by atoms with E-state index in [0.717, 1.165) is 19.3 Å². The SMILES string of the molecule is CCCCn1c(=O)[nH]c(=O)c2c1nc(COC(=O)C(C(C)C)N(C)C)n2CCC. The largest absolute Gasteiger partial charge is 0.456 e. The first-order valence-electron chi connectivity index (χ1n) is 10.3. The zero-order chi connectivity index (χ0) is 21.7. The monoisotopic (exact) mass is 407 g/mol. The minimum absolute atomic E-state index is 0.0496. The van der Waals surface area contributed by atoms with Crippen LogP contribution in [0.15, 0.2) is 9.59 Å². The van der Waals surface area contributed by atoms with Crippen LogP contribution in [0.3, 0.4) is 0 Å². The molecule has 29 heavy (non-hydrogen) atoms. The number of aromatic amines is 1. The number of H-pyrrole nitrogens is 1. The van der Waals surface area contributed by atoms with Crippen molar-refractivity contribution in [3.8, 4) is 0 Å². The van der Waals surface area contributed by atoms with E-state index in [9.17, 15) is 14.4 Å². The Kier molecular flexibility index (Phi) is 7.78. The minimum Gasteiger partial charge on any atom is -0.456 e. The summed E-state index contributed by atoms with van der Waals surface area (Å²) in [6.07, 6.45) is 2.48. The normalized spacial score (nSPS) is 12.8. The van der Waals surface area contributed by atoms with E-state index in [1.807, 2.05) is 46.7 Å². The van der Waals surface area contributed by atoms with Crippen molar-refractivity contribution < 1.29 is 9.53 Å². The minimum atomic E-state index is -0.468. The fraction of sp³-hybridized carbons (Fsp3) is 0.700. The lowest BCUT2D eigenvalue weighted by atomic mass is 10.0. The van der Waals surface area contributed by atoms with Gasteiger partial charge >= 0.3 is 11.7 Å². The number of carbonyl (C=O) groups is 1.